The Morgan fingerprint density at radius 2 is 0.476 bits per heavy atom. The van der Waals surface area contributed by atoms with Crippen molar-refractivity contribution in [3.8, 4) is 0 Å². The number of carbonyl (C=O) groups is 3. The quantitative estimate of drug-likeness (QED) is 0.0261. The van der Waals surface area contributed by atoms with Crippen LogP contribution in [0.15, 0.2) is 146 Å². The molecule has 0 aliphatic rings. The smallest absolute Gasteiger partial charge is 0.306 e. The molecule has 0 rings (SSSR count). The van der Waals surface area contributed by atoms with Gasteiger partial charge in [-0.2, -0.15) is 0 Å². The van der Waals surface area contributed by atoms with Gasteiger partial charge in [0.05, 0.1) is 0 Å². The van der Waals surface area contributed by atoms with Gasteiger partial charge in [-0.3, -0.25) is 14.4 Å². The second-order valence-corrected chi connectivity index (χ2v) is 22.0. The Morgan fingerprint density at radius 3 is 0.756 bits per heavy atom. The molecule has 464 valence electrons. The Balaban J connectivity index is 4.26. The van der Waals surface area contributed by atoms with Crippen LogP contribution in [0.4, 0.5) is 0 Å². The maximum atomic E-state index is 12.9. The van der Waals surface area contributed by atoms with Crippen LogP contribution in [-0.4, -0.2) is 37.2 Å². The van der Waals surface area contributed by atoms with Gasteiger partial charge in [0.25, 0.3) is 0 Å². The van der Waals surface area contributed by atoms with E-state index in [9.17, 15) is 14.4 Å². The number of hydrogen-bond acceptors (Lipinski definition) is 6. The van der Waals surface area contributed by atoms with E-state index in [0.717, 1.165) is 161 Å². The van der Waals surface area contributed by atoms with Crippen LogP contribution >= 0.6 is 0 Å². The number of allylic oxidation sites excluding steroid dienone is 24. The number of rotatable bonds is 60. The molecule has 6 nitrogen and oxygen atoms in total. The van der Waals surface area contributed by atoms with Gasteiger partial charge >= 0.3 is 17.9 Å². The molecule has 0 aliphatic heterocycles. The van der Waals surface area contributed by atoms with E-state index in [0.29, 0.717) is 19.3 Å². The molecule has 0 aromatic carbocycles. The Kier molecular flexibility index (Phi) is 64.8. The van der Waals surface area contributed by atoms with E-state index in [1.54, 1.807) is 0 Å². The maximum absolute atomic E-state index is 12.9. The number of unbranched alkanes of at least 4 members (excludes halogenated alkanes) is 25. The molecule has 0 spiro atoms. The van der Waals surface area contributed by atoms with E-state index >= 15 is 0 Å². The molecular weight excluding hydrogens is 1010 g/mol. The van der Waals surface area contributed by atoms with Crippen LogP contribution in [0.2, 0.25) is 0 Å². The number of hydrogen-bond donors (Lipinski definition) is 0. The lowest BCUT2D eigenvalue weighted by atomic mass is 10.1. The minimum Gasteiger partial charge on any atom is -0.462 e. The third-order valence-electron chi connectivity index (χ3n) is 14.1. The summed E-state index contributed by atoms with van der Waals surface area (Å²) in [7, 11) is 0. The summed E-state index contributed by atoms with van der Waals surface area (Å²) >= 11 is 0. The molecule has 0 aliphatic carbocycles. The normalized spacial score (nSPS) is 13.1. The Labute approximate surface area is 506 Å². The molecule has 0 amide bonds. The van der Waals surface area contributed by atoms with Crippen molar-refractivity contribution in [1.82, 2.24) is 0 Å². The predicted molar refractivity (Wildman–Crippen MR) is 357 cm³/mol. The molecule has 0 bridgehead atoms. The summed E-state index contributed by atoms with van der Waals surface area (Å²) in [6, 6.07) is 0. The highest BCUT2D eigenvalue weighted by molar-refractivity contribution is 5.71. The lowest BCUT2D eigenvalue weighted by molar-refractivity contribution is -0.167. The van der Waals surface area contributed by atoms with Crippen molar-refractivity contribution in [3.63, 3.8) is 0 Å². The van der Waals surface area contributed by atoms with Crippen molar-refractivity contribution in [3.05, 3.63) is 146 Å². The molecule has 0 aromatic rings. The van der Waals surface area contributed by atoms with Crippen LogP contribution in [0.25, 0.3) is 0 Å². The van der Waals surface area contributed by atoms with E-state index < -0.39 is 6.10 Å². The predicted octanol–water partition coefficient (Wildman–Crippen LogP) is 23.5. The summed E-state index contributed by atoms with van der Waals surface area (Å²) < 4.78 is 16.9. The molecule has 0 N–H and O–H groups in total. The maximum Gasteiger partial charge on any atom is 0.306 e. The van der Waals surface area contributed by atoms with Crippen molar-refractivity contribution in [2.45, 2.75) is 303 Å². The van der Waals surface area contributed by atoms with Crippen molar-refractivity contribution < 1.29 is 28.6 Å². The molecule has 0 radical (unpaired) electrons. The van der Waals surface area contributed by atoms with Gasteiger partial charge in [-0.05, 0) is 141 Å². The molecule has 0 saturated carbocycles. The molecular formula is C76H124O6. The van der Waals surface area contributed by atoms with Crippen molar-refractivity contribution in [2.24, 2.45) is 0 Å². The van der Waals surface area contributed by atoms with Gasteiger partial charge in [0.1, 0.15) is 13.2 Å². The molecule has 0 heterocycles. The lowest BCUT2D eigenvalue weighted by Gasteiger charge is -2.18. The average Bonchev–Trinajstić information content (AvgIpc) is 3.48. The van der Waals surface area contributed by atoms with Crippen LogP contribution in [-0.2, 0) is 28.6 Å². The van der Waals surface area contributed by atoms with Crippen LogP contribution in [0.1, 0.15) is 297 Å². The second kappa shape index (κ2) is 68.8. The number of ether oxygens (including phenoxy) is 3. The topological polar surface area (TPSA) is 78.9 Å². The van der Waals surface area contributed by atoms with Crippen LogP contribution in [0.3, 0.4) is 0 Å². The Morgan fingerprint density at radius 1 is 0.256 bits per heavy atom. The zero-order chi connectivity index (χ0) is 59.2. The molecule has 82 heavy (non-hydrogen) atoms. The van der Waals surface area contributed by atoms with Gasteiger partial charge in [0.15, 0.2) is 6.10 Å². The third kappa shape index (κ3) is 66.1. The Bertz CT molecular complexity index is 1780. The summed E-state index contributed by atoms with van der Waals surface area (Å²) in [6.07, 6.45) is 98.6. The first-order chi connectivity index (χ1) is 40.5. The summed E-state index contributed by atoms with van der Waals surface area (Å²) in [6.45, 7) is 6.39. The van der Waals surface area contributed by atoms with Crippen molar-refractivity contribution >= 4 is 17.9 Å². The zero-order valence-electron chi connectivity index (χ0n) is 53.2. The summed E-state index contributed by atoms with van der Waals surface area (Å²) in [5.41, 5.74) is 0. The van der Waals surface area contributed by atoms with Gasteiger partial charge in [0, 0.05) is 19.3 Å². The van der Waals surface area contributed by atoms with Gasteiger partial charge in [-0.15, -0.1) is 0 Å². The standard InChI is InChI=1S/C76H124O6/c1-4-7-10-13-16-19-22-25-28-29-30-31-32-33-34-35-36-37-38-39-40-41-42-43-44-45-46-47-49-51-54-57-60-63-66-69-75(78)81-72-73(71-80-74(77)68-65-62-59-56-53-50-27-24-21-18-15-12-9-6-3)82-76(79)70-67-64-61-58-55-52-48-26-23-20-17-14-11-8-5-2/h7-8,10-11,16-17,19-20,24-28,30-31,33-34,36-37,39-40,42-43,48,73H,4-6,9,12-15,18,21-23,29,32,35,38,41,44-47,49-72H2,1-3H3/b10-7-,11-8-,19-16-,20-17-,27-24-,28-25-,31-30-,34-33-,37-36-,40-39-,43-42-,48-26-. The fourth-order valence-electron chi connectivity index (χ4n) is 9.06. The first-order valence-electron chi connectivity index (χ1n) is 33.8. The monoisotopic (exact) mass is 1130 g/mol. The molecule has 1 atom stereocenters. The van der Waals surface area contributed by atoms with Crippen molar-refractivity contribution in [1.29, 1.82) is 0 Å². The highest BCUT2D eigenvalue weighted by atomic mass is 16.6. The van der Waals surface area contributed by atoms with Crippen LogP contribution in [0.5, 0.6) is 0 Å². The lowest BCUT2D eigenvalue weighted by Crippen LogP contribution is -2.30. The number of esters is 3. The first kappa shape index (κ1) is 77.3. The second-order valence-electron chi connectivity index (χ2n) is 22.0. The average molecular weight is 1130 g/mol. The molecule has 0 fully saturated rings. The highest BCUT2D eigenvalue weighted by Gasteiger charge is 2.19. The van der Waals surface area contributed by atoms with E-state index in [2.05, 4.69) is 167 Å². The van der Waals surface area contributed by atoms with E-state index in [1.165, 1.54) is 96.3 Å². The zero-order valence-corrected chi connectivity index (χ0v) is 53.2. The van der Waals surface area contributed by atoms with Crippen LogP contribution < -0.4 is 0 Å². The van der Waals surface area contributed by atoms with E-state index in [4.69, 9.17) is 14.2 Å². The minimum absolute atomic E-state index is 0.0929. The fraction of sp³-hybridized carbons (Fsp3) is 0.645. The highest BCUT2D eigenvalue weighted by Crippen LogP contribution is 2.15. The first-order valence-corrected chi connectivity index (χ1v) is 33.8. The van der Waals surface area contributed by atoms with Gasteiger partial charge in [-0.25, -0.2) is 0 Å². The Hall–Kier alpha value is -4.71. The fourth-order valence-corrected chi connectivity index (χ4v) is 9.06. The molecule has 0 saturated heterocycles. The van der Waals surface area contributed by atoms with Gasteiger partial charge in [0.2, 0.25) is 0 Å². The van der Waals surface area contributed by atoms with Gasteiger partial charge < -0.3 is 14.2 Å². The largest absolute Gasteiger partial charge is 0.462 e. The van der Waals surface area contributed by atoms with Crippen molar-refractivity contribution in [2.75, 3.05) is 13.2 Å². The summed E-state index contributed by atoms with van der Waals surface area (Å²) in [4.78, 5) is 38.3. The summed E-state index contributed by atoms with van der Waals surface area (Å²) in [5, 5.41) is 0. The van der Waals surface area contributed by atoms with E-state index in [-0.39, 0.29) is 31.1 Å². The number of carbonyl (C=O) groups excluding carboxylic acids is 3. The van der Waals surface area contributed by atoms with E-state index in [1.807, 2.05) is 0 Å². The molecule has 1 unspecified atom stereocenters. The van der Waals surface area contributed by atoms with Crippen LogP contribution in [0, 0.1) is 0 Å². The SMILES string of the molecule is CC/C=C\C/C=C\C/C=C\C/C=C\C/C=C\C/C=C\C/C=C\C/C=C\CCCCCCCCCCCCC(=O)OCC(COC(=O)CCCCCCC/C=C\CCCCCCC)OC(=O)CCCCCCC/C=C\C/C=C\C/C=C\CC. The molecule has 0 aromatic heterocycles. The minimum atomic E-state index is -0.797. The third-order valence-corrected chi connectivity index (χ3v) is 14.1. The molecule has 6 heteroatoms. The van der Waals surface area contributed by atoms with Gasteiger partial charge in [-0.1, -0.05) is 282 Å². The summed E-state index contributed by atoms with van der Waals surface area (Å²) in [5.74, 6) is -0.920.